The second-order valence-corrected chi connectivity index (χ2v) is 7.79. The van der Waals surface area contributed by atoms with Crippen LogP contribution in [0.25, 0.3) is 0 Å². The molecule has 1 aromatic rings. The monoisotopic (exact) mass is 465 g/mol. The van der Waals surface area contributed by atoms with Gasteiger partial charge in [0, 0.05) is 24.8 Å². The summed E-state index contributed by atoms with van der Waals surface area (Å²) in [6.07, 6.45) is 7.39. The molecule has 0 bridgehead atoms. The number of benzene rings is 1. The molecule has 0 fully saturated rings. The molecular formula is C25H30F3NO4. The van der Waals surface area contributed by atoms with Gasteiger partial charge >= 0.3 is 6.18 Å². The van der Waals surface area contributed by atoms with Gasteiger partial charge in [0.25, 0.3) is 0 Å². The Morgan fingerprint density at radius 2 is 2.09 bits per heavy atom. The third-order valence-corrected chi connectivity index (χ3v) is 5.16. The van der Waals surface area contributed by atoms with Crippen LogP contribution in [0.15, 0.2) is 60.7 Å². The minimum Gasteiger partial charge on any atom is -0.491 e. The molecule has 0 aromatic heterocycles. The molecule has 0 spiro atoms. The molecule has 1 aromatic carbocycles. The van der Waals surface area contributed by atoms with Crippen molar-refractivity contribution in [3.8, 4) is 5.75 Å². The number of alkyl halides is 3. The number of unbranched alkanes of at least 4 members (excludes halogenated alkanes) is 1. The summed E-state index contributed by atoms with van der Waals surface area (Å²) in [7, 11) is 0. The van der Waals surface area contributed by atoms with Crippen LogP contribution in [0, 0.1) is 11.8 Å². The fourth-order valence-electron chi connectivity index (χ4n) is 3.41. The van der Waals surface area contributed by atoms with Crippen molar-refractivity contribution < 1.29 is 32.6 Å². The molecule has 1 amide bonds. The Morgan fingerprint density at radius 3 is 2.82 bits per heavy atom. The molecule has 0 aliphatic heterocycles. The van der Waals surface area contributed by atoms with Crippen molar-refractivity contribution in [3.63, 3.8) is 0 Å². The molecule has 5 nitrogen and oxygen atoms in total. The van der Waals surface area contributed by atoms with Crippen molar-refractivity contribution in [2.45, 2.75) is 44.9 Å². The van der Waals surface area contributed by atoms with E-state index in [1.807, 2.05) is 19.1 Å². The van der Waals surface area contributed by atoms with E-state index in [1.165, 1.54) is 24.3 Å². The van der Waals surface area contributed by atoms with Crippen LogP contribution < -0.4 is 10.1 Å². The number of ketones is 1. The SMILES string of the molecule is CCNC(=O)CCCC=CC[C@H]1C(=O)C=C[C@@H]1C=CC(O)COc1cccc(C(F)(F)F)c1. The number of carbonyl (C=O) groups is 2. The molecule has 33 heavy (non-hydrogen) atoms. The van der Waals surface area contributed by atoms with Crippen molar-refractivity contribution in [1.82, 2.24) is 5.32 Å². The maximum atomic E-state index is 12.8. The van der Waals surface area contributed by atoms with Gasteiger partial charge in [0.1, 0.15) is 18.5 Å². The smallest absolute Gasteiger partial charge is 0.416 e. The number of halogens is 3. The Balaban J connectivity index is 1.79. The number of ether oxygens (including phenoxy) is 1. The van der Waals surface area contributed by atoms with Crippen LogP contribution in [0.1, 0.15) is 38.2 Å². The van der Waals surface area contributed by atoms with E-state index in [0.29, 0.717) is 19.4 Å². The average Bonchev–Trinajstić information content (AvgIpc) is 3.12. The maximum absolute atomic E-state index is 12.8. The van der Waals surface area contributed by atoms with Gasteiger partial charge in [-0.05, 0) is 50.5 Å². The number of allylic oxidation sites excluding steroid dienone is 5. The molecule has 1 aliphatic rings. The zero-order chi connectivity index (χ0) is 24.3. The minimum atomic E-state index is -4.47. The van der Waals surface area contributed by atoms with Gasteiger partial charge in [-0.3, -0.25) is 9.59 Å². The van der Waals surface area contributed by atoms with Crippen molar-refractivity contribution in [1.29, 1.82) is 0 Å². The van der Waals surface area contributed by atoms with E-state index < -0.39 is 17.8 Å². The largest absolute Gasteiger partial charge is 0.491 e. The van der Waals surface area contributed by atoms with Gasteiger partial charge in [-0.25, -0.2) is 0 Å². The number of carbonyl (C=O) groups excluding carboxylic acids is 2. The lowest BCUT2D eigenvalue weighted by Crippen LogP contribution is -2.21. The molecule has 1 aliphatic carbocycles. The molecule has 0 saturated heterocycles. The van der Waals surface area contributed by atoms with Gasteiger partial charge in [0.05, 0.1) is 5.56 Å². The Bertz CT molecular complexity index is 877. The number of aliphatic hydroxyl groups is 1. The predicted molar refractivity (Wildman–Crippen MR) is 120 cm³/mol. The summed E-state index contributed by atoms with van der Waals surface area (Å²) in [5, 5.41) is 12.9. The topological polar surface area (TPSA) is 75.6 Å². The van der Waals surface area contributed by atoms with Crippen molar-refractivity contribution >= 4 is 11.7 Å². The summed E-state index contributed by atoms with van der Waals surface area (Å²) in [6, 6.07) is 4.47. The Hall–Kier alpha value is -2.87. The molecule has 2 N–H and O–H groups in total. The molecule has 0 heterocycles. The molecule has 180 valence electrons. The number of hydrogen-bond donors (Lipinski definition) is 2. The number of aliphatic hydroxyl groups excluding tert-OH is 1. The first-order chi connectivity index (χ1) is 15.7. The zero-order valence-electron chi connectivity index (χ0n) is 18.6. The lowest BCUT2D eigenvalue weighted by atomic mass is 9.90. The molecule has 0 saturated carbocycles. The van der Waals surface area contributed by atoms with E-state index in [-0.39, 0.29) is 35.9 Å². The van der Waals surface area contributed by atoms with E-state index >= 15 is 0 Å². The fraction of sp³-hybridized carbons (Fsp3) is 0.440. The van der Waals surface area contributed by atoms with Gasteiger partial charge in [0.2, 0.25) is 5.91 Å². The predicted octanol–water partition coefficient (Wildman–Crippen LogP) is 4.63. The van der Waals surface area contributed by atoms with Crippen LogP contribution in [-0.4, -0.2) is 36.1 Å². The normalized spacial score (nSPS) is 19.5. The van der Waals surface area contributed by atoms with Crippen LogP contribution in [-0.2, 0) is 15.8 Å². The van der Waals surface area contributed by atoms with Gasteiger partial charge in [-0.2, -0.15) is 13.2 Å². The summed E-state index contributed by atoms with van der Waals surface area (Å²) in [4.78, 5) is 23.6. The number of nitrogens with one attached hydrogen (secondary N) is 1. The van der Waals surface area contributed by atoms with Gasteiger partial charge in [0.15, 0.2) is 5.78 Å². The maximum Gasteiger partial charge on any atom is 0.416 e. The van der Waals surface area contributed by atoms with E-state index in [0.717, 1.165) is 25.0 Å². The summed E-state index contributed by atoms with van der Waals surface area (Å²) in [5.74, 6) is -0.394. The van der Waals surface area contributed by atoms with Crippen molar-refractivity contribution in [2.75, 3.05) is 13.2 Å². The Labute approximate surface area is 192 Å². The van der Waals surface area contributed by atoms with E-state index in [2.05, 4.69) is 5.32 Å². The first-order valence-electron chi connectivity index (χ1n) is 11.0. The van der Waals surface area contributed by atoms with Crippen molar-refractivity contribution in [2.24, 2.45) is 11.8 Å². The molecule has 3 atom stereocenters. The third kappa shape index (κ3) is 9.26. The zero-order valence-corrected chi connectivity index (χ0v) is 18.6. The third-order valence-electron chi connectivity index (χ3n) is 5.16. The lowest BCUT2D eigenvalue weighted by Gasteiger charge is -2.14. The quantitative estimate of drug-likeness (QED) is 0.349. The van der Waals surface area contributed by atoms with Crippen LogP contribution in [0.4, 0.5) is 13.2 Å². The summed E-state index contributed by atoms with van der Waals surface area (Å²) < 4.78 is 43.6. The molecule has 2 rings (SSSR count). The first kappa shape index (κ1) is 26.4. The van der Waals surface area contributed by atoms with E-state index in [1.54, 1.807) is 12.2 Å². The molecule has 1 unspecified atom stereocenters. The van der Waals surface area contributed by atoms with Crippen LogP contribution >= 0.6 is 0 Å². The summed E-state index contributed by atoms with van der Waals surface area (Å²) in [6.45, 7) is 2.28. The number of amides is 1. The Kier molecular flexibility index (Phi) is 10.4. The highest BCUT2D eigenvalue weighted by molar-refractivity contribution is 5.95. The van der Waals surface area contributed by atoms with Gasteiger partial charge in [-0.15, -0.1) is 0 Å². The number of hydrogen-bond acceptors (Lipinski definition) is 4. The van der Waals surface area contributed by atoms with E-state index in [9.17, 15) is 27.9 Å². The highest BCUT2D eigenvalue weighted by Gasteiger charge is 2.30. The lowest BCUT2D eigenvalue weighted by molar-refractivity contribution is -0.137. The second kappa shape index (κ2) is 13.0. The van der Waals surface area contributed by atoms with Crippen LogP contribution in [0.3, 0.4) is 0 Å². The number of rotatable bonds is 12. The molecule has 0 radical (unpaired) electrons. The van der Waals surface area contributed by atoms with Crippen molar-refractivity contribution in [3.05, 3.63) is 66.3 Å². The van der Waals surface area contributed by atoms with Gasteiger partial charge in [-0.1, -0.05) is 36.4 Å². The summed E-state index contributed by atoms with van der Waals surface area (Å²) in [5.41, 5.74) is -0.820. The summed E-state index contributed by atoms with van der Waals surface area (Å²) >= 11 is 0. The fourth-order valence-corrected chi connectivity index (χ4v) is 3.41. The Morgan fingerprint density at radius 1 is 1.30 bits per heavy atom. The van der Waals surface area contributed by atoms with Crippen LogP contribution in [0.5, 0.6) is 5.75 Å². The highest BCUT2D eigenvalue weighted by Crippen LogP contribution is 2.31. The minimum absolute atomic E-state index is 0.00586. The van der Waals surface area contributed by atoms with Gasteiger partial charge < -0.3 is 15.2 Å². The standard InChI is InChI=1S/C25H30F3NO4/c1-2-29-24(32)11-6-4-3-5-10-22-18(13-15-23(22)31)12-14-20(30)17-33-21-9-7-8-19(16-21)25(26,27)28/h3,5,7-9,12-16,18,20,22,30H,2,4,6,10-11,17H2,1H3,(H,29,32)/t18-,20?,22+/m0/s1. The average molecular weight is 466 g/mol. The van der Waals surface area contributed by atoms with Crippen LogP contribution in [0.2, 0.25) is 0 Å². The first-order valence-corrected chi connectivity index (χ1v) is 11.0. The highest BCUT2D eigenvalue weighted by atomic mass is 19.4. The second-order valence-electron chi connectivity index (χ2n) is 7.79. The molecular weight excluding hydrogens is 435 g/mol. The van der Waals surface area contributed by atoms with E-state index in [4.69, 9.17) is 4.74 Å². The molecule has 8 heteroatoms.